The topological polar surface area (TPSA) is 20.3 Å². The van der Waals surface area contributed by atoms with Crippen molar-refractivity contribution >= 4 is 40.6 Å². The van der Waals surface area contributed by atoms with E-state index in [2.05, 4.69) is 78.1 Å². The first-order valence-corrected chi connectivity index (χ1v) is 11.2. The van der Waals surface area contributed by atoms with Crippen molar-refractivity contribution in [3.63, 3.8) is 0 Å². The van der Waals surface area contributed by atoms with Crippen LogP contribution in [-0.4, -0.2) is 23.8 Å². The maximum Gasteiger partial charge on any atom is 0.187 e. The van der Waals surface area contributed by atoms with E-state index < -0.39 is 0 Å². The van der Waals surface area contributed by atoms with Gasteiger partial charge in [0, 0.05) is 40.5 Å². The Bertz CT molecular complexity index is 977. The third-order valence-corrected chi connectivity index (χ3v) is 6.97. The fourth-order valence-electron chi connectivity index (χ4n) is 3.44. The SMILES string of the molecule is Cc1ccsc1/C=C1\CN(Cc2ccccc2)C/C(=C\c2sccc2C)C1=O. The Morgan fingerprint density at radius 1 is 0.857 bits per heavy atom. The number of Topliss-reactive ketones (excluding diaryl/α,β-unsaturated/α-hetero) is 1. The number of hydrogen-bond donors (Lipinski definition) is 0. The molecule has 2 nitrogen and oxygen atoms in total. The number of carbonyl (C=O) groups excluding carboxylic acids is 1. The van der Waals surface area contributed by atoms with Gasteiger partial charge in [-0.3, -0.25) is 9.69 Å². The van der Waals surface area contributed by atoms with Crippen LogP contribution in [0.1, 0.15) is 26.4 Å². The first kappa shape index (κ1) is 19.1. The molecule has 0 bridgehead atoms. The van der Waals surface area contributed by atoms with Gasteiger partial charge in [0.1, 0.15) is 0 Å². The summed E-state index contributed by atoms with van der Waals surface area (Å²) >= 11 is 3.39. The van der Waals surface area contributed by atoms with Gasteiger partial charge in [-0.05, 0) is 65.6 Å². The molecule has 0 amide bonds. The van der Waals surface area contributed by atoms with E-state index in [0.717, 1.165) is 17.7 Å². The molecule has 4 heteroatoms. The Morgan fingerprint density at radius 3 is 1.86 bits per heavy atom. The van der Waals surface area contributed by atoms with Crippen LogP contribution in [0.2, 0.25) is 0 Å². The number of likely N-dealkylation sites (tertiary alicyclic amines) is 1. The molecule has 1 aromatic carbocycles. The van der Waals surface area contributed by atoms with Crippen LogP contribution >= 0.6 is 22.7 Å². The summed E-state index contributed by atoms with van der Waals surface area (Å²) in [7, 11) is 0. The Hall–Kier alpha value is -2.27. The van der Waals surface area contributed by atoms with Gasteiger partial charge in [0.2, 0.25) is 0 Å². The van der Waals surface area contributed by atoms with Crippen LogP contribution in [0.25, 0.3) is 12.2 Å². The van der Waals surface area contributed by atoms with Crippen LogP contribution in [0.15, 0.2) is 64.4 Å². The molecule has 1 aliphatic rings. The lowest BCUT2D eigenvalue weighted by molar-refractivity contribution is -0.113. The van der Waals surface area contributed by atoms with Crippen molar-refractivity contribution in [2.45, 2.75) is 20.4 Å². The molecule has 0 aliphatic carbocycles. The zero-order valence-corrected chi connectivity index (χ0v) is 17.8. The smallest absolute Gasteiger partial charge is 0.187 e. The molecule has 28 heavy (non-hydrogen) atoms. The zero-order valence-electron chi connectivity index (χ0n) is 16.1. The number of piperidine rings is 1. The first-order chi connectivity index (χ1) is 13.6. The van der Waals surface area contributed by atoms with Crippen molar-refractivity contribution in [1.29, 1.82) is 0 Å². The molecule has 4 rings (SSSR count). The second-order valence-corrected chi connectivity index (χ2v) is 9.13. The van der Waals surface area contributed by atoms with Crippen LogP contribution in [0.3, 0.4) is 0 Å². The van der Waals surface area contributed by atoms with E-state index in [1.165, 1.54) is 26.4 Å². The zero-order chi connectivity index (χ0) is 19.5. The molecule has 0 saturated carbocycles. The molecule has 0 atom stereocenters. The predicted molar refractivity (Wildman–Crippen MR) is 121 cm³/mol. The highest BCUT2D eigenvalue weighted by molar-refractivity contribution is 7.11. The lowest BCUT2D eigenvalue weighted by Gasteiger charge is -2.29. The standard InChI is InChI=1S/C24H23NOS2/c1-17-8-10-27-22(17)12-20-15-25(14-19-6-4-3-5-7-19)16-21(24(20)26)13-23-18(2)9-11-28-23/h3-13H,14-16H2,1-2H3/b20-12+,21-13+. The number of rotatable bonds is 4. The van der Waals surface area contributed by atoms with Gasteiger partial charge in [-0.2, -0.15) is 0 Å². The summed E-state index contributed by atoms with van der Waals surface area (Å²) in [6.07, 6.45) is 4.18. The molecule has 3 aromatic rings. The largest absolute Gasteiger partial charge is 0.290 e. The van der Waals surface area contributed by atoms with E-state index in [4.69, 9.17) is 0 Å². The first-order valence-electron chi connectivity index (χ1n) is 9.40. The maximum absolute atomic E-state index is 13.2. The minimum absolute atomic E-state index is 0.185. The second kappa shape index (κ2) is 8.39. The minimum atomic E-state index is 0.185. The Labute approximate surface area is 174 Å². The van der Waals surface area contributed by atoms with Crippen LogP contribution in [-0.2, 0) is 11.3 Å². The van der Waals surface area contributed by atoms with Gasteiger partial charge in [0.15, 0.2) is 5.78 Å². The summed E-state index contributed by atoms with van der Waals surface area (Å²) in [5.74, 6) is 0.185. The van der Waals surface area contributed by atoms with Gasteiger partial charge >= 0.3 is 0 Å². The fraction of sp³-hybridized carbons (Fsp3) is 0.208. The normalized spacial score (nSPS) is 18.3. The summed E-state index contributed by atoms with van der Waals surface area (Å²) in [4.78, 5) is 18.0. The molecule has 0 N–H and O–H groups in total. The van der Waals surface area contributed by atoms with Crippen molar-refractivity contribution in [3.05, 3.63) is 90.8 Å². The van der Waals surface area contributed by atoms with Gasteiger partial charge < -0.3 is 0 Å². The summed E-state index contributed by atoms with van der Waals surface area (Å²) in [6, 6.07) is 14.7. The summed E-state index contributed by atoms with van der Waals surface area (Å²) in [5, 5.41) is 4.17. The van der Waals surface area contributed by atoms with Crippen LogP contribution in [0, 0.1) is 13.8 Å². The number of aryl methyl sites for hydroxylation is 2. The molecule has 142 valence electrons. The molecule has 0 radical (unpaired) electrons. The van der Waals surface area contributed by atoms with Crippen molar-refractivity contribution in [2.75, 3.05) is 13.1 Å². The second-order valence-electron chi connectivity index (χ2n) is 7.23. The molecule has 1 aliphatic heterocycles. The lowest BCUT2D eigenvalue weighted by atomic mass is 9.95. The lowest BCUT2D eigenvalue weighted by Crippen LogP contribution is -2.37. The van der Waals surface area contributed by atoms with Crippen molar-refractivity contribution in [3.8, 4) is 0 Å². The Morgan fingerprint density at radius 2 is 1.39 bits per heavy atom. The highest BCUT2D eigenvalue weighted by Gasteiger charge is 2.26. The van der Waals surface area contributed by atoms with Gasteiger partial charge in [0.05, 0.1) is 0 Å². The molecule has 3 heterocycles. The Balaban J connectivity index is 1.68. The van der Waals surface area contributed by atoms with Gasteiger partial charge in [0.25, 0.3) is 0 Å². The molecular formula is C24H23NOS2. The fourth-order valence-corrected chi connectivity index (χ4v) is 5.21. The van der Waals surface area contributed by atoms with Crippen molar-refractivity contribution < 1.29 is 4.79 Å². The quantitative estimate of drug-likeness (QED) is 0.498. The molecule has 1 saturated heterocycles. The summed E-state index contributed by atoms with van der Waals surface area (Å²) in [6.45, 7) is 6.42. The maximum atomic E-state index is 13.2. The minimum Gasteiger partial charge on any atom is -0.290 e. The molecule has 0 spiro atoms. The Kier molecular flexibility index (Phi) is 5.72. The van der Waals surface area contributed by atoms with E-state index in [-0.39, 0.29) is 5.78 Å². The molecule has 0 unspecified atom stereocenters. The number of thiophene rings is 2. The third kappa shape index (κ3) is 4.25. The van der Waals surface area contributed by atoms with Crippen LogP contribution in [0.5, 0.6) is 0 Å². The predicted octanol–water partition coefficient (Wildman–Crippen LogP) is 5.98. The number of hydrogen-bond acceptors (Lipinski definition) is 4. The number of carbonyl (C=O) groups is 1. The monoisotopic (exact) mass is 405 g/mol. The molecule has 1 fully saturated rings. The van der Waals surface area contributed by atoms with Gasteiger partial charge in [-0.25, -0.2) is 0 Å². The molecule has 2 aromatic heterocycles. The highest BCUT2D eigenvalue weighted by atomic mass is 32.1. The van der Waals surface area contributed by atoms with Crippen LogP contribution < -0.4 is 0 Å². The van der Waals surface area contributed by atoms with E-state index in [9.17, 15) is 4.79 Å². The van der Waals surface area contributed by atoms with Gasteiger partial charge in [-0.1, -0.05) is 30.3 Å². The van der Waals surface area contributed by atoms with E-state index >= 15 is 0 Å². The third-order valence-electron chi connectivity index (χ3n) is 5.03. The van der Waals surface area contributed by atoms with Crippen molar-refractivity contribution in [1.82, 2.24) is 4.90 Å². The van der Waals surface area contributed by atoms with Gasteiger partial charge in [-0.15, -0.1) is 22.7 Å². The molecular weight excluding hydrogens is 382 g/mol. The van der Waals surface area contributed by atoms with Crippen LogP contribution in [0.4, 0.5) is 0 Å². The highest BCUT2D eigenvalue weighted by Crippen LogP contribution is 2.28. The number of ketones is 1. The van der Waals surface area contributed by atoms with Crippen molar-refractivity contribution in [2.24, 2.45) is 0 Å². The summed E-state index contributed by atoms with van der Waals surface area (Å²) in [5.41, 5.74) is 5.49. The van der Waals surface area contributed by atoms with E-state index in [0.29, 0.717) is 13.1 Å². The average Bonchev–Trinajstić information content (AvgIpc) is 3.28. The van der Waals surface area contributed by atoms with E-state index in [1.807, 2.05) is 6.07 Å². The number of nitrogens with zero attached hydrogens (tertiary/aromatic N) is 1. The number of benzene rings is 1. The summed E-state index contributed by atoms with van der Waals surface area (Å²) < 4.78 is 0. The van der Waals surface area contributed by atoms with E-state index in [1.54, 1.807) is 22.7 Å². The average molecular weight is 406 g/mol.